The van der Waals surface area contributed by atoms with Crippen LogP contribution in [0.3, 0.4) is 0 Å². The molecule has 0 bridgehead atoms. The molecule has 2 aromatic rings. The van der Waals surface area contributed by atoms with Crippen LogP contribution in [0.4, 0.5) is 0 Å². The van der Waals surface area contributed by atoms with Gasteiger partial charge >= 0.3 is 0 Å². The maximum absolute atomic E-state index is 12.1. The van der Waals surface area contributed by atoms with Crippen LogP contribution in [0.15, 0.2) is 42.7 Å². The highest BCUT2D eigenvalue weighted by Gasteiger charge is 2.21. The van der Waals surface area contributed by atoms with Gasteiger partial charge in [-0.1, -0.05) is 11.6 Å². The summed E-state index contributed by atoms with van der Waals surface area (Å²) in [5, 5.41) is 3.24. The van der Waals surface area contributed by atoms with Crippen LogP contribution in [-0.4, -0.2) is 55.2 Å². The number of piperidine rings is 1. The Labute approximate surface area is 170 Å². The highest BCUT2D eigenvalue weighted by atomic mass is 35.5. The fourth-order valence-corrected chi connectivity index (χ4v) is 3.44. The van der Waals surface area contributed by atoms with Gasteiger partial charge in [0.05, 0.1) is 11.6 Å². The molecular weight excluding hydrogens is 378 g/mol. The number of rotatable bonds is 8. The van der Waals surface area contributed by atoms with Crippen LogP contribution >= 0.6 is 11.6 Å². The lowest BCUT2D eigenvalue weighted by molar-refractivity contribution is 0.0935. The van der Waals surface area contributed by atoms with E-state index in [4.69, 9.17) is 21.1 Å². The van der Waals surface area contributed by atoms with E-state index in [1.165, 1.54) is 5.56 Å². The largest absolute Gasteiger partial charge is 0.489 e. The Kier molecular flexibility index (Phi) is 7.65. The van der Waals surface area contributed by atoms with Gasteiger partial charge in [0.2, 0.25) is 0 Å². The summed E-state index contributed by atoms with van der Waals surface area (Å²) >= 11 is 6.34. The van der Waals surface area contributed by atoms with Gasteiger partial charge in [-0.3, -0.25) is 14.7 Å². The third-order valence-electron chi connectivity index (χ3n) is 4.77. The number of hydrogen-bond donors (Lipinski definition) is 1. The number of amides is 1. The van der Waals surface area contributed by atoms with Gasteiger partial charge < -0.3 is 14.8 Å². The van der Waals surface area contributed by atoms with Crippen molar-refractivity contribution in [3.8, 4) is 5.75 Å². The minimum atomic E-state index is -0.171. The van der Waals surface area contributed by atoms with Crippen LogP contribution in [0.5, 0.6) is 5.75 Å². The normalized spacial score (nSPS) is 15.4. The molecule has 0 unspecified atom stereocenters. The topological polar surface area (TPSA) is 63.7 Å². The SMILES string of the molecule is COCCNC(=O)c1ccc(OC2CCN(Cc3ccncc3)CC2)c(Cl)c1. The van der Waals surface area contributed by atoms with Crippen molar-refractivity contribution < 1.29 is 14.3 Å². The van der Waals surface area contributed by atoms with E-state index in [1.807, 2.05) is 12.4 Å². The monoisotopic (exact) mass is 403 g/mol. The summed E-state index contributed by atoms with van der Waals surface area (Å²) in [6.07, 6.45) is 5.68. The Morgan fingerprint density at radius 1 is 1.25 bits per heavy atom. The zero-order chi connectivity index (χ0) is 19.8. The molecule has 0 aliphatic carbocycles. The Balaban J connectivity index is 1.48. The second kappa shape index (κ2) is 10.4. The maximum atomic E-state index is 12.1. The van der Waals surface area contributed by atoms with Gasteiger partial charge in [-0.15, -0.1) is 0 Å². The van der Waals surface area contributed by atoms with Crippen molar-refractivity contribution in [1.29, 1.82) is 0 Å². The lowest BCUT2D eigenvalue weighted by atomic mass is 10.1. The fraction of sp³-hybridized carbons (Fsp3) is 0.429. The number of likely N-dealkylation sites (tertiary alicyclic amines) is 1. The number of nitrogens with one attached hydrogen (secondary N) is 1. The lowest BCUT2D eigenvalue weighted by Gasteiger charge is -2.32. The molecule has 1 aromatic carbocycles. The molecular formula is C21H26ClN3O3. The van der Waals surface area contributed by atoms with Crippen molar-refractivity contribution >= 4 is 17.5 Å². The summed E-state index contributed by atoms with van der Waals surface area (Å²) in [6.45, 7) is 3.82. The Bertz CT molecular complexity index is 765. The van der Waals surface area contributed by atoms with Crippen molar-refractivity contribution in [3.05, 3.63) is 58.9 Å². The molecule has 0 radical (unpaired) electrons. The summed E-state index contributed by atoms with van der Waals surface area (Å²) in [5.41, 5.74) is 1.79. The highest BCUT2D eigenvalue weighted by molar-refractivity contribution is 6.32. The molecule has 1 aliphatic heterocycles. The van der Waals surface area contributed by atoms with Crippen molar-refractivity contribution in [2.45, 2.75) is 25.5 Å². The molecule has 0 atom stereocenters. The molecule has 150 valence electrons. The molecule has 3 rings (SSSR count). The predicted molar refractivity (Wildman–Crippen MR) is 109 cm³/mol. The fourth-order valence-electron chi connectivity index (χ4n) is 3.22. The molecule has 2 heterocycles. The van der Waals surface area contributed by atoms with E-state index >= 15 is 0 Å². The second-order valence-electron chi connectivity index (χ2n) is 6.84. The second-order valence-corrected chi connectivity index (χ2v) is 7.25. The zero-order valence-corrected chi connectivity index (χ0v) is 16.8. The van der Waals surface area contributed by atoms with E-state index in [-0.39, 0.29) is 12.0 Å². The van der Waals surface area contributed by atoms with Crippen LogP contribution in [0.25, 0.3) is 0 Å². The molecule has 0 saturated carbocycles. The minimum absolute atomic E-state index is 0.132. The molecule has 1 aromatic heterocycles. The first-order chi connectivity index (χ1) is 13.7. The third kappa shape index (κ3) is 5.92. The Morgan fingerprint density at radius 3 is 2.68 bits per heavy atom. The summed E-state index contributed by atoms with van der Waals surface area (Å²) in [5.74, 6) is 0.456. The van der Waals surface area contributed by atoms with Crippen molar-refractivity contribution in [2.75, 3.05) is 33.4 Å². The number of methoxy groups -OCH3 is 1. The standard InChI is InChI=1S/C21H26ClN3O3/c1-27-13-10-24-21(26)17-2-3-20(19(22)14-17)28-18-6-11-25(12-7-18)15-16-4-8-23-9-5-16/h2-5,8-9,14,18H,6-7,10-13,15H2,1H3,(H,24,26). The predicted octanol–water partition coefficient (Wildman–Crippen LogP) is 3.15. The number of nitrogens with zero attached hydrogens (tertiary/aromatic N) is 2. The number of ether oxygens (including phenoxy) is 2. The third-order valence-corrected chi connectivity index (χ3v) is 5.06. The first-order valence-electron chi connectivity index (χ1n) is 9.50. The zero-order valence-electron chi connectivity index (χ0n) is 16.1. The van der Waals surface area contributed by atoms with Gasteiger partial charge in [0.15, 0.2) is 0 Å². The number of hydrogen-bond acceptors (Lipinski definition) is 5. The molecule has 0 spiro atoms. The summed E-state index contributed by atoms with van der Waals surface area (Å²) < 4.78 is 11.0. The van der Waals surface area contributed by atoms with E-state index in [1.54, 1.807) is 25.3 Å². The lowest BCUT2D eigenvalue weighted by Crippen LogP contribution is -2.37. The van der Waals surface area contributed by atoms with Crippen molar-refractivity contribution in [1.82, 2.24) is 15.2 Å². The number of carbonyl (C=O) groups excluding carboxylic acids is 1. The highest BCUT2D eigenvalue weighted by Crippen LogP contribution is 2.28. The summed E-state index contributed by atoms with van der Waals surface area (Å²) in [4.78, 5) is 18.6. The van der Waals surface area contributed by atoms with E-state index in [0.29, 0.717) is 29.5 Å². The molecule has 1 saturated heterocycles. The maximum Gasteiger partial charge on any atom is 0.251 e. The number of aromatic nitrogens is 1. The molecule has 1 fully saturated rings. The van der Waals surface area contributed by atoms with E-state index in [2.05, 4.69) is 27.3 Å². The first-order valence-corrected chi connectivity index (χ1v) is 9.88. The van der Waals surface area contributed by atoms with Gasteiger partial charge in [0.25, 0.3) is 5.91 Å². The average molecular weight is 404 g/mol. The van der Waals surface area contributed by atoms with Crippen molar-refractivity contribution in [3.63, 3.8) is 0 Å². The first kappa shape index (κ1) is 20.6. The van der Waals surface area contributed by atoms with Gasteiger partial charge in [-0.25, -0.2) is 0 Å². The number of carbonyl (C=O) groups is 1. The summed E-state index contributed by atoms with van der Waals surface area (Å²) in [6, 6.07) is 9.26. The van der Waals surface area contributed by atoms with Crippen LogP contribution in [0, 0.1) is 0 Å². The van der Waals surface area contributed by atoms with Gasteiger partial charge in [0, 0.05) is 51.2 Å². The smallest absolute Gasteiger partial charge is 0.251 e. The van der Waals surface area contributed by atoms with Crippen LogP contribution in [0.1, 0.15) is 28.8 Å². The van der Waals surface area contributed by atoms with Crippen LogP contribution in [0.2, 0.25) is 5.02 Å². The number of benzene rings is 1. The number of halogens is 1. The van der Waals surface area contributed by atoms with E-state index in [9.17, 15) is 4.79 Å². The molecule has 1 amide bonds. The van der Waals surface area contributed by atoms with Gasteiger partial charge in [0.1, 0.15) is 11.9 Å². The van der Waals surface area contributed by atoms with Gasteiger partial charge in [-0.2, -0.15) is 0 Å². The Morgan fingerprint density at radius 2 is 2.00 bits per heavy atom. The molecule has 1 N–H and O–H groups in total. The average Bonchev–Trinajstić information content (AvgIpc) is 2.72. The minimum Gasteiger partial charge on any atom is -0.489 e. The van der Waals surface area contributed by atoms with Gasteiger partial charge in [-0.05, 0) is 48.7 Å². The van der Waals surface area contributed by atoms with E-state index in [0.717, 1.165) is 32.5 Å². The van der Waals surface area contributed by atoms with E-state index < -0.39 is 0 Å². The van der Waals surface area contributed by atoms with Crippen molar-refractivity contribution in [2.24, 2.45) is 0 Å². The molecule has 6 nitrogen and oxygen atoms in total. The Hall–Kier alpha value is -2.15. The quantitative estimate of drug-likeness (QED) is 0.686. The molecule has 7 heteroatoms. The van der Waals surface area contributed by atoms with Crippen LogP contribution < -0.4 is 10.1 Å². The number of pyridine rings is 1. The molecule has 1 aliphatic rings. The van der Waals surface area contributed by atoms with Crippen LogP contribution in [-0.2, 0) is 11.3 Å². The molecule has 28 heavy (non-hydrogen) atoms. The summed E-state index contributed by atoms with van der Waals surface area (Å²) in [7, 11) is 1.60.